The highest BCUT2D eigenvalue weighted by atomic mass is 16.5. The van der Waals surface area contributed by atoms with Crippen molar-refractivity contribution in [3.05, 3.63) is 17.2 Å². The second-order valence-electron chi connectivity index (χ2n) is 6.67. The summed E-state index contributed by atoms with van der Waals surface area (Å²) in [5.74, 6) is -1.27. The molecular weight excluding hydrogens is 272 g/mol. The van der Waals surface area contributed by atoms with Crippen molar-refractivity contribution in [2.24, 2.45) is 5.41 Å². The zero-order valence-corrected chi connectivity index (χ0v) is 13.0. The Hall–Kier alpha value is -1.85. The largest absolute Gasteiger partial charge is 0.476 e. The van der Waals surface area contributed by atoms with Crippen LogP contribution in [-0.4, -0.2) is 33.7 Å². The van der Waals surface area contributed by atoms with Crippen molar-refractivity contribution < 1.29 is 19.4 Å². The Morgan fingerprint density at radius 3 is 2.62 bits per heavy atom. The minimum atomic E-state index is -1.09. The first-order valence-electron chi connectivity index (χ1n) is 7.15. The van der Waals surface area contributed by atoms with E-state index < -0.39 is 11.9 Å². The van der Waals surface area contributed by atoms with E-state index in [9.17, 15) is 14.7 Å². The van der Waals surface area contributed by atoms with Gasteiger partial charge in [0, 0.05) is 13.0 Å². The molecular formula is C15H22N2O4. The number of imidazole rings is 1. The third-order valence-electron chi connectivity index (χ3n) is 3.67. The van der Waals surface area contributed by atoms with E-state index in [0.717, 1.165) is 12.2 Å². The number of carboxylic acid groups (broad SMARTS) is 1. The molecule has 1 aromatic rings. The van der Waals surface area contributed by atoms with Crippen LogP contribution in [0.2, 0.25) is 0 Å². The number of ether oxygens (including phenoxy) is 1. The molecule has 6 nitrogen and oxygen atoms in total. The molecule has 0 saturated carbocycles. The maximum absolute atomic E-state index is 11.9. The minimum absolute atomic E-state index is 0.00386. The monoisotopic (exact) mass is 294 g/mol. The smallest absolute Gasteiger partial charge is 0.356 e. The van der Waals surface area contributed by atoms with E-state index in [2.05, 4.69) is 25.8 Å². The molecule has 1 aliphatic rings. The van der Waals surface area contributed by atoms with Crippen LogP contribution in [0.25, 0.3) is 0 Å². The molecule has 2 heterocycles. The maximum Gasteiger partial charge on any atom is 0.356 e. The SMILES string of the molecule is COC(=O)C1CCCn2c(CC(C)(C)C)nc(C(=O)O)c21. The molecule has 0 amide bonds. The Morgan fingerprint density at radius 2 is 2.10 bits per heavy atom. The first-order chi connectivity index (χ1) is 9.74. The van der Waals surface area contributed by atoms with Crippen molar-refractivity contribution in [3.63, 3.8) is 0 Å². The van der Waals surface area contributed by atoms with E-state index in [1.807, 2.05) is 4.57 Å². The normalized spacial score (nSPS) is 18.2. The average Bonchev–Trinajstić information content (AvgIpc) is 2.75. The summed E-state index contributed by atoms with van der Waals surface area (Å²) in [5.41, 5.74) is 0.486. The van der Waals surface area contributed by atoms with Gasteiger partial charge in [0.25, 0.3) is 0 Å². The lowest BCUT2D eigenvalue weighted by Gasteiger charge is -2.25. The topological polar surface area (TPSA) is 81.4 Å². The van der Waals surface area contributed by atoms with Crippen LogP contribution in [0.4, 0.5) is 0 Å². The van der Waals surface area contributed by atoms with Crippen LogP contribution in [0, 0.1) is 5.41 Å². The Balaban J connectivity index is 2.54. The van der Waals surface area contributed by atoms with Crippen molar-refractivity contribution in [1.29, 1.82) is 0 Å². The average molecular weight is 294 g/mol. The summed E-state index contributed by atoms with van der Waals surface area (Å²) in [6, 6.07) is 0. The number of carbonyl (C=O) groups is 2. The summed E-state index contributed by atoms with van der Waals surface area (Å²) in [6.07, 6.45) is 2.09. The molecule has 0 radical (unpaired) electrons. The van der Waals surface area contributed by atoms with Gasteiger partial charge in [-0.25, -0.2) is 9.78 Å². The van der Waals surface area contributed by atoms with Gasteiger partial charge < -0.3 is 14.4 Å². The number of fused-ring (bicyclic) bond motifs is 1. The van der Waals surface area contributed by atoms with Gasteiger partial charge in [0.05, 0.1) is 18.7 Å². The standard InChI is InChI=1S/C15H22N2O4/c1-15(2,3)8-10-16-11(13(18)19)12-9(14(20)21-4)6-5-7-17(10)12/h9H,5-8H2,1-4H3,(H,18,19). The number of esters is 1. The highest BCUT2D eigenvalue weighted by Crippen LogP contribution is 2.34. The second kappa shape index (κ2) is 5.50. The van der Waals surface area contributed by atoms with Crippen LogP contribution in [0.5, 0.6) is 0 Å². The minimum Gasteiger partial charge on any atom is -0.476 e. The Morgan fingerprint density at radius 1 is 1.43 bits per heavy atom. The van der Waals surface area contributed by atoms with Gasteiger partial charge in [-0.15, -0.1) is 0 Å². The molecule has 0 aromatic carbocycles. The van der Waals surface area contributed by atoms with E-state index in [1.165, 1.54) is 7.11 Å². The van der Waals surface area contributed by atoms with Crippen molar-refractivity contribution in [1.82, 2.24) is 9.55 Å². The molecule has 2 rings (SSSR count). The van der Waals surface area contributed by atoms with E-state index in [0.29, 0.717) is 25.1 Å². The zero-order valence-electron chi connectivity index (χ0n) is 13.0. The van der Waals surface area contributed by atoms with E-state index in [-0.39, 0.29) is 17.1 Å². The van der Waals surface area contributed by atoms with Crippen molar-refractivity contribution in [2.75, 3.05) is 7.11 Å². The van der Waals surface area contributed by atoms with Crippen molar-refractivity contribution >= 4 is 11.9 Å². The number of aromatic nitrogens is 2. The number of methoxy groups -OCH3 is 1. The van der Waals surface area contributed by atoms with E-state index in [1.54, 1.807) is 0 Å². The molecule has 1 unspecified atom stereocenters. The summed E-state index contributed by atoms with van der Waals surface area (Å²) >= 11 is 0. The Labute approximate surface area is 124 Å². The van der Waals surface area contributed by atoms with Crippen molar-refractivity contribution in [3.8, 4) is 0 Å². The maximum atomic E-state index is 11.9. The lowest BCUT2D eigenvalue weighted by atomic mass is 9.91. The van der Waals surface area contributed by atoms with Crippen LogP contribution in [0.1, 0.15) is 61.5 Å². The van der Waals surface area contributed by atoms with Gasteiger partial charge in [-0.1, -0.05) is 20.8 Å². The van der Waals surface area contributed by atoms with Crippen LogP contribution in [-0.2, 0) is 22.5 Å². The lowest BCUT2D eigenvalue weighted by Crippen LogP contribution is -2.26. The summed E-state index contributed by atoms with van der Waals surface area (Å²) < 4.78 is 6.72. The highest BCUT2D eigenvalue weighted by molar-refractivity contribution is 5.90. The molecule has 21 heavy (non-hydrogen) atoms. The zero-order chi connectivity index (χ0) is 15.8. The fourth-order valence-electron chi connectivity index (χ4n) is 2.84. The second-order valence-corrected chi connectivity index (χ2v) is 6.67. The fourth-order valence-corrected chi connectivity index (χ4v) is 2.84. The number of nitrogens with zero attached hydrogens (tertiary/aromatic N) is 2. The van der Waals surface area contributed by atoms with Crippen LogP contribution in [0.15, 0.2) is 0 Å². The van der Waals surface area contributed by atoms with Gasteiger partial charge in [0.1, 0.15) is 5.82 Å². The number of rotatable bonds is 3. The molecule has 1 aliphatic heterocycles. The predicted molar refractivity (Wildman–Crippen MR) is 76.3 cm³/mol. The number of hydrogen-bond acceptors (Lipinski definition) is 4. The summed E-state index contributed by atoms with van der Waals surface area (Å²) in [5, 5.41) is 9.40. The van der Waals surface area contributed by atoms with Gasteiger partial charge in [-0.3, -0.25) is 4.79 Å². The Bertz CT molecular complexity index is 569. The van der Waals surface area contributed by atoms with E-state index >= 15 is 0 Å². The molecule has 1 aromatic heterocycles. The van der Waals surface area contributed by atoms with Gasteiger partial charge in [0.2, 0.25) is 0 Å². The van der Waals surface area contributed by atoms with Crippen molar-refractivity contribution in [2.45, 2.75) is 52.5 Å². The van der Waals surface area contributed by atoms with Gasteiger partial charge in [0.15, 0.2) is 5.69 Å². The third-order valence-corrected chi connectivity index (χ3v) is 3.67. The first kappa shape index (κ1) is 15.5. The van der Waals surface area contributed by atoms with Crippen LogP contribution >= 0.6 is 0 Å². The van der Waals surface area contributed by atoms with Crippen LogP contribution in [0.3, 0.4) is 0 Å². The number of carboxylic acids is 1. The quantitative estimate of drug-likeness (QED) is 0.864. The summed E-state index contributed by atoms with van der Waals surface area (Å²) in [7, 11) is 1.33. The number of carbonyl (C=O) groups excluding carboxylic acids is 1. The molecule has 0 aliphatic carbocycles. The van der Waals surface area contributed by atoms with E-state index in [4.69, 9.17) is 4.74 Å². The third kappa shape index (κ3) is 3.09. The first-order valence-corrected chi connectivity index (χ1v) is 7.15. The van der Waals surface area contributed by atoms with Gasteiger partial charge >= 0.3 is 11.9 Å². The molecule has 0 bridgehead atoms. The molecule has 0 saturated heterocycles. The summed E-state index contributed by atoms with van der Waals surface area (Å²) in [4.78, 5) is 27.7. The molecule has 0 spiro atoms. The molecule has 1 N–H and O–H groups in total. The molecule has 1 atom stereocenters. The van der Waals surface area contributed by atoms with Gasteiger partial charge in [-0.05, 0) is 18.3 Å². The molecule has 116 valence electrons. The lowest BCUT2D eigenvalue weighted by molar-refractivity contribution is -0.143. The van der Waals surface area contributed by atoms with Gasteiger partial charge in [-0.2, -0.15) is 0 Å². The fraction of sp³-hybridized carbons (Fsp3) is 0.667. The van der Waals surface area contributed by atoms with Crippen LogP contribution < -0.4 is 0 Å². The predicted octanol–water partition coefficient (Wildman–Crippen LogP) is 2.22. The summed E-state index contributed by atoms with van der Waals surface area (Å²) in [6.45, 7) is 6.94. The Kier molecular flexibility index (Phi) is 4.07. The molecule has 6 heteroatoms. The molecule has 0 fully saturated rings. The number of aromatic carboxylic acids is 1. The number of hydrogen-bond donors (Lipinski definition) is 1. The highest BCUT2D eigenvalue weighted by Gasteiger charge is 2.36.